The summed E-state index contributed by atoms with van der Waals surface area (Å²) < 4.78 is 0. The van der Waals surface area contributed by atoms with E-state index in [-0.39, 0.29) is 0 Å². The monoisotopic (exact) mass is 114 g/mol. The Morgan fingerprint density at radius 3 is 2.62 bits per heavy atom. The zero-order chi connectivity index (χ0) is 5.98. The van der Waals surface area contributed by atoms with E-state index >= 15 is 0 Å². The zero-order valence-corrected chi connectivity index (χ0v) is 5.85. The fourth-order valence-electron chi connectivity index (χ4n) is 1.23. The van der Waals surface area contributed by atoms with Gasteiger partial charge in [-0.2, -0.15) is 0 Å². The second-order valence-corrected chi connectivity index (χ2v) is 2.96. The minimum absolute atomic E-state index is 0.972. The van der Waals surface area contributed by atoms with Crippen LogP contribution < -0.4 is 5.32 Å². The van der Waals surface area contributed by atoms with Gasteiger partial charge in [0.25, 0.3) is 0 Å². The molecule has 0 aliphatic heterocycles. The first-order chi connectivity index (χ1) is 3.84. The molecule has 48 valence electrons. The molecule has 1 heteroatoms. The van der Waals surface area contributed by atoms with E-state index in [2.05, 4.69) is 19.3 Å². The third kappa shape index (κ3) is 1.48. The van der Waals surface area contributed by atoms with Crippen LogP contribution in [-0.4, -0.2) is 13.6 Å². The molecule has 8 heavy (non-hydrogen) atoms. The van der Waals surface area contributed by atoms with Gasteiger partial charge in [-0.25, -0.2) is 0 Å². The molecule has 0 radical (unpaired) electrons. The van der Waals surface area contributed by atoms with E-state index in [1.165, 1.54) is 19.4 Å². The van der Waals surface area contributed by atoms with Crippen LogP contribution in [0.3, 0.4) is 0 Å². The third-order valence-electron chi connectivity index (χ3n) is 2.03. The third-order valence-corrected chi connectivity index (χ3v) is 2.03. The normalized spacial score (nSPS) is 23.2. The van der Waals surface area contributed by atoms with Crippen LogP contribution in [-0.2, 0) is 0 Å². The lowest BCUT2D eigenvalue weighted by Gasteiger charge is -2.03. The molecule has 0 aromatic carbocycles. The van der Waals surface area contributed by atoms with E-state index in [0.29, 0.717) is 0 Å². The molecule has 0 bridgehead atoms. The number of rotatable bonds is 3. The highest BCUT2D eigenvalue weighted by molar-refractivity contribution is 4.77. The van der Waals surface area contributed by atoms with Gasteiger partial charge in [0.2, 0.25) is 0 Å². The molecular formula is C7H16N+. The summed E-state index contributed by atoms with van der Waals surface area (Å²) >= 11 is 0. The van der Waals surface area contributed by atoms with E-state index in [0.717, 1.165) is 11.8 Å². The maximum absolute atomic E-state index is 2.36. The van der Waals surface area contributed by atoms with Gasteiger partial charge in [-0.15, -0.1) is 0 Å². The molecule has 1 rings (SSSR count). The minimum Gasteiger partial charge on any atom is -0.348 e. The highest BCUT2D eigenvalue weighted by atomic mass is 14.8. The highest BCUT2D eigenvalue weighted by Crippen LogP contribution is 2.35. The van der Waals surface area contributed by atoms with Crippen molar-refractivity contribution in [2.24, 2.45) is 11.8 Å². The molecule has 0 aromatic heterocycles. The minimum atomic E-state index is 0.972. The average Bonchev–Trinajstić information content (AvgIpc) is 2.45. The van der Waals surface area contributed by atoms with Crippen LogP contribution in [0.15, 0.2) is 0 Å². The predicted molar refractivity (Wildman–Crippen MR) is 34.6 cm³/mol. The van der Waals surface area contributed by atoms with Crippen LogP contribution in [0.25, 0.3) is 0 Å². The summed E-state index contributed by atoms with van der Waals surface area (Å²) in [5.41, 5.74) is 0. The first-order valence-electron chi connectivity index (χ1n) is 3.62. The average molecular weight is 114 g/mol. The van der Waals surface area contributed by atoms with E-state index in [1.54, 1.807) is 0 Å². The lowest BCUT2D eigenvalue weighted by atomic mass is 10.1. The van der Waals surface area contributed by atoms with Gasteiger partial charge < -0.3 is 5.32 Å². The van der Waals surface area contributed by atoms with Crippen molar-refractivity contribution in [1.82, 2.24) is 0 Å². The maximum Gasteiger partial charge on any atom is 0.0781 e. The van der Waals surface area contributed by atoms with Crippen LogP contribution in [0.5, 0.6) is 0 Å². The summed E-state index contributed by atoms with van der Waals surface area (Å²) in [7, 11) is 2.15. The number of hydrogen-bond acceptors (Lipinski definition) is 0. The lowest BCUT2D eigenvalue weighted by molar-refractivity contribution is -0.633. The molecule has 0 heterocycles. The van der Waals surface area contributed by atoms with Gasteiger partial charge in [-0.1, -0.05) is 6.92 Å². The van der Waals surface area contributed by atoms with Gasteiger partial charge in [0.15, 0.2) is 0 Å². The molecule has 0 spiro atoms. The summed E-state index contributed by atoms with van der Waals surface area (Å²) in [5, 5.41) is 2.28. The van der Waals surface area contributed by atoms with E-state index in [1.807, 2.05) is 0 Å². The number of hydrogen-bond donors (Lipinski definition) is 1. The highest BCUT2D eigenvalue weighted by Gasteiger charge is 2.28. The lowest BCUT2D eigenvalue weighted by Crippen LogP contribution is -2.81. The van der Waals surface area contributed by atoms with Crippen molar-refractivity contribution in [3.63, 3.8) is 0 Å². The van der Waals surface area contributed by atoms with Crippen LogP contribution in [0.4, 0.5) is 0 Å². The van der Waals surface area contributed by atoms with Crippen molar-refractivity contribution >= 4 is 0 Å². The Labute approximate surface area is 51.5 Å². The SMILES string of the molecule is C[NH2+]CC(C)C1CC1. The van der Waals surface area contributed by atoms with Gasteiger partial charge in [0.05, 0.1) is 13.6 Å². The van der Waals surface area contributed by atoms with Crippen LogP contribution in [0.2, 0.25) is 0 Å². The molecule has 1 unspecified atom stereocenters. The van der Waals surface area contributed by atoms with Crippen molar-refractivity contribution in [3.05, 3.63) is 0 Å². The molecule has 1 nitrogen and oxygen atoms in total. The van der Waals surface area contributed by atoms with Gasteiger partial charge in [-0.3, -0.25) is 0 Å². The van der Waals surface area contributed by atoms with Crippen LogP contribution in [0, 0.1) is 11.8 Å². The topological polar surface area (TPSA) is 16.6 Å². The largest absolute Gasteiger partial charge is 0.348 e. The van der Waals surface area contributed by atoms with Gasteiger partial charge in [-0.05, 0) is 18.8 Å². The molecule has 1 aliphatic carbocycles. The van der Waals surface area contributed by atoms with Crippen LogP contribution in [0.1, 0.15) is 19.8 Å². The first kappa shape index (κ1) is 6.09. The van der Waals surface area contributed by atoms with Crippen molar-refractivity contribution < 1.29 is 5.32 Å². The predicted octanol–water partition coefficient (Wildman–Crippen LogP) is 0.226. The first-order valence-corrected chi connectivity index (χ1v) is 3.62. The fraction of sp³-hybridized carbons (Fsp3) is 1.00. The Balaban J connectivity index is 2.03. The Kier molecular flexibility index (Phi) is 1.90. The summed E-state index contributed by atoms with van der Waals surface area (Å²) in [6, 6.07) is 0. The Bertz CT molecular complexity index is 66.8. The molecule has 1 aliphatic rings. The molecule has 1 fully saturated rings. The molecule has 0 aromatic rings. The molecule has 1 atom stereocenters. The molecule has 1 saturated carbocycles. The van der Waals surface area contributed by atoms with Gasteiger partial charge >= 0.3 is 0 Å². The van der Waals surface area contributed by atoms with E-state index < -0.39 is 0 Å². The second-order valence-electron chi connectivity index (χ2n) is 2.96. The summed E-state index contributed by atoms with van der Waals surface area (Å²) in [5.74, 6) is 2.06. The standard InChI is InChI=1S/C7H15N/c1-6(5-8-2)7-3-4-7/h6-8H,3-5H2,1-2H3/p+1. The summed E-state index contributed by atoms with van der Waals surface area (Å²) in [4.78, 5) is 0. The number of nitrogens with two attached hydrogens (primary N) is 1. The summed E-state index contributed by atoms with van der Waals surface area (Å²) in [6.45, 7) is 3.68. The van der Waals surface area contributed by atoms with Crippen molar-refractivity contribution in [2.45, 2.75) is 19.8 Å². The molecular weight excluding hydrogens is 98.1 g/mol. The molecule has 0 amide bonds. The smallest absolute Gasteiger partial charge is 0.0781 e. The van der Waals surface area contributed by atoms with Crippen molar-refractivity contribution in [2.75, 3.05) is 13.6 Å². The van der Waals surface area contributed by atoms with Crippen molar-refractivity contribution in [1.29, 1.82) is 0 Å². The zero-order valence-electron chi connectivity index (χ0n) is 5.85. The van der Waals surface area contributed by atoms with Gasteiger partial charge in [0.1, 0.15) is 0 Å². The maximum atomic E-state index is 2.36. The Morgan fingerprint density at radius 2 is 2.25 bits per heavy atom. The summed E-state index contributed by atoms with van der Waals surface area (Å²) in [6.07, 6.45) is 2.99. The Hall–Kier alpha value is -0.0400. The molecule has 2 N–H and O–H groups in total. The number of quaternary nitrogens is 1. The van der Waals surface area contributed by atoms with Crippen LogP contribution >= 0.6 is 0 Å². The van der Waals surface area contributed by atoms with E-state index in [9.17, 15) is 0 Å². The fourth-order valence-corrected chi connectivity index (χ4v) is 1.23. The second kappa shape index (κ2) is 2.49. The van der Waals surface area contributed by atoms with Crippen molar-refractivity contribution in [3.8, 4) is 0 Å². The molecule has 0 saturated heterocycles. The van der Waals surface area contributed by atoms with Gasteiger partial charge in [0, 0.05) is 5.92 Å². The Morgan fingerprint density at radius 1 is 1.62 bits per heavy atom. The quantitative estimate of drug-likeness (QED) is 0.541. The van der Waals surface area contributed by atoms with E-state index in [4.69, 9.17) is 0 Å².